The molecule has 1 heterocycles. The van der Waals surface area contributed by atoms with E-state index in [-0.39, 0.29) is 5.69 Å². The molecule has 19 heavy (non-hydrogen) atoms. The van der Waals surface area contributed by atoms with Crippen LogP contribution in [0, 0.1) is 10.1 Å². The van der Waals surface area contributed by atoms with Crippen molar-refractivity contribution in [1.82, 2.24) is 0 Å². The highest BCUT2D eigenvalue weighted by atomic mass is 16.6. The number of anilines is 1. The van der Waals surface area contributed by atoms with Gasteiger partial charge in [0.1, 0.15) is 5.75 Å². The lowest BCUT2D eigenvalue weighted by Crippen LogP contribution is -2.36. The highest BCUT2D eigenvalue weighted by Crippen LogP contribution is 2.32. The Labute approximate surface area is 112 Å². The van der Waals surface area contributed by atoms with Crippen LogP contribution in [-0.2, 0) is 4.74 Å². The van der Waals surface area contributed by atoms with Crippen LogP contribution in [0.1, 0.15) is 13.3 Å². The third-order valence-corrected chi connectivity index (χ3v) is 2.97. The van der Waals surface area contributed by atoms with Crippen LogP contribution in [-0.4, -0.2) is 37.8 Å². The van der Waals surface area contributed by atoms with Gasteiger partial charge in [0.15, 0.2) is 0 Å². The summed E-state index contributed by atoms with van der Waals surface area (Å²) in [5.74, 6) is 0.581. The van der Waals surface area contributed by atoms with E-state index < -0.39 is 4.92 Å². The van der Waals surface area contributed by atoms with Crippen LogP contribution in [0.5, 0.6) is 5.75 Å². The average molecular weight is 266 g/mol. The lowest BCUT2D eigenvalue weighted by molar-refractivity contribution is -0.384. The molecule has 0 unspecified atom stereocenters. The minimum atomic E-state index is -0.401. The fourth-order valence-corrected chi connectivity index (χ4v) is 2.01. The van der Waals surface area contributed by atoms with Crippen LogP contribution in [0.15, 0.2) is 18.2 Å². The van der Waals surface area contributed by atoms with Crippen molar-refractivity contribution in [2.75, 3.05) is 37.8 Å². The van der Waals surface area contributed by atoms with Gasteiger partial charge in [-0.1, -0.05) is 6.92 Å². The molecule has 1 aliphatic rings. The van der Waals surface area contributed by atoms with Crippen molar-refractivity contribution in [2.24, 2.45) is 0 Å². The largest absolute Gasteiger partial charge is 0.491 e. The van der Waals surface area contributed by atoms with Crippen molar-refractivity contribution in [3.05, 3.63) is 28.3 Å². The number of nitro benzene ring substituents is 1. The molecule has 1 fully saturated rings. The molecule has 1 aromatic rings. The summed E-state index contributed by atoms with van der Waals surface area (Å²) in [6, 6.07) is 4.78. The van der Waals surface area contributed by atoms with Crippen LogP contribution in [0.3, 0.4) is 0 Å². The number of nitrogens with zero attached hydrogens (tertiary/aromatic N) is 2. The van der Waals surface area contributed by atoms with Gasteiger partial charge in [0.2, 0.25) is 0 Å². The molecule has 0 atom stereocenters. The summed E-state index contributed by atoms with van der Waals surface area (Å²) in [4.78, 5) is 12.6. The Hall–Kier alpha value is -1.82. The Morgan fingerprint density at radius 2 is 2.16 bits per heavy atom. The first-order chi connectivity index (χ1) is 9.22. The van der Waals surface area contributed by atoms with E-state index in [0.717, 1.165) is 25.2 Å². The van der Waals surface area contributed by atoms with Gasteiger partial charge < -0.3 is 14.4 Å². The molecule has 2 rings (SSSR count). The molecule has 0 aromatic heterocycles. The highest BCUT2D eigenvalue weighted by Gasteiger charge is 2.18. The van der Waals surface area contributed by atoms with Crippen molar-refractivity contribution in [1.29, 1.82) is 0 Å². The van der Waals surface area contributed by atoms with E-state index in [2.05, 4.69) is 4.90 Å². The fraction of sp³-hybridized carbons (Fsp3) is 0.538. The van der Waals surface area contributed by atoms with Crippen LogP contribution in [0.2, 0.25) is 0 Å². The predicted molar refractivity (Wildman–Crippen MR) is 71.9 cm³/mol. The molecule has 1 aromatic carbocycles. The van der Waals surface area contributed by atoms with Crippen LogP contribution >= 0.6 is 0 Å². The summed E-state index contributed by atoms with van der Waals surface area (Å²) in [6.45, 7) is 5.46. The smallest absolute Gasteiger partial charge is 0.273 e. The molecular weight excluding hydrogens is 248 g/mol. The molecule has 0 amide bonds. The van der Waals surface area contributed by atoms with Crippen LogP contribution < -0.4 is 9.64 Å². The Morgan fingerprint density at radius 1 is 1.42 bits per heavy atom. The van der Waals surface area contributed by atoms with Crippen molar-refractivity contribution in [3.8, 4) is 5.75 Å². The number of ether oxygens (including phenoxy) is 2. The molecule has 0 radical (unpaired) electrons. The van der Waals surface area contributed by atoms with Crippen molar-refractivity contribution >= 4 is 11.4 Å². The number of morpholine rings is 1. The maximum absolute atomic E-state index is 10.8. The predicted octanol–water partition coefficient (Wildman–Crippen LogP) is 2.22. The van der Waals surface area contributed by atoms with Gasteiger partial charge in [0, 0.05) is 19.2 Å². The van der Waals surface area contributed by atoms with E-state index in [4.69, 9.17) is 9.47 Å². The molecule has 104 valence electrons. The second-order valence-corrected chi connectivity index (χ2v) is 4.36. The van der Waals surface area contributed by atoms with Crippen molar-refractivity contribution in [2.45, 2.75) is 13.3 Å². The van der Waals surface area contributed by atoms with Gasteiger partial charge in [0.05, 0.1) is 36.5 Å². The molecule has 6 nitrogen and oxygen atoms in total. The third-order valence-electron chi connectivity index (χ3n) is 2.97. The maximum Gasteiger partial charge on any atom is 0.273 e. The van der Waals surface area contributed by atoms with Crippen LogP contribution in [0.4, 0.5) is 11.4 Å². The zero-order chi connectivity index (χ0) is 13.7. The van der Waals surface area contributed by atoms with Gasteiger partial charge in [-0.15, -0.1) is 0 Å². The summed E-state index contributed by atoms with van der Waals surface area (Å²) in [6.07, 6.45) is 0.866. The minimum Gasteiger partial charge on any atom is -0.491 e. The summed E-state index contributed by atoms with van der Waals surface area (Å²) in [5.41, 5.74) is 0.963. The first kappa shape index (κ1) is 13.6. The van der Waals surface area contributed by atoms with Gasteiger partial charge in [-0.2, -0.15) is 0 Å². The first-order valence-corrected chi connectivity index (χ1v) is 6.46. The molecule has 6 heteroatoms. The highest BCUT2D eigenvalue weighted by molar-refractivity contribution is 5.62. The normalized spacial score (nSPS) is 15.3. The molecule has 0 N–H and O–H groups in total. The minimum absolute atomic E-state index is 0.0584. The van der Waals surface area contributed by atoms with E-state index in [1.807, 2.05) is 6.92 Å². The molecule has 0 saturated carbocycles. The zero-order valence-electron chi connectivity index (χ0n) is 11.0. The second kappa shape index (κ2) is 6.38. The summed E-state index contributed by atoms with van der Waals surface area (Å²) < 4.78 is 11.0. The summed E-state index contributed by atoms with van der Waals surface area (Å²) >= 11 is 0. The van der Waals surface area contributed by atoms with E-state index in [0.29, 0.717) is 25.6 Å². The second-order valence-electron chi connectivity index (χ2n) is 4.36. The Balaban J connectivity index is 2.26. The molecule has 1 aliphatic heterocycles. The van der Waals surface area contributed by atoms with Crippen LogP contribution in [0.25, 0.3) is 0 Å². The molecule has 0 bridgehead atoms. The lowest BCUT2D eigenvalue weighted by Gasteiger charge is -2.30. The molecule has 1 saturated heterocycles. The number of nitro groups is 1. The van der Waals surface area contributed by atoms with Crippen molar-refractivity contribution < 1.29 is 14.4 Å². The number of hydrogen-bond donors (Lipinski definition) is 0. The molecule has 0 aliphatic carbocycles. The van der Waals surface area contributed by atoms with Gasteiger partial charge >= 0.3 is 0 Å². The fourth-order valence-electron chi connectivity index (χ4n) is 2.01. The number of non-ortho nitro benzene ring substituents is 1. The lowest BCUT2D eigenvalue weighted by atomic mass is 10.2. The van der Waals surface area contributed by atoms with Gasteiger partial charge in [-0.25, -0.2) is 0 Å². The number of benzene rings is 1. The Kier molecular flexibility index (Phi) is 4.57. The molecule has 0 spiro atoms. The SMILES string of the molecule is CCCOc1cc([N+](=O)[O-])ccc1N1CCOCC1. The monoisotopic (exact) mass is 266 g/mol. The van der Waals surface area contributed by atoms with Gasteiger partial charge in [0.25, 0.3) is 5.69 Å². The Bertz CT molecular complexity index is 444. The standard InChI is InChI=1S/C13H18N2O4/c1-2-7-19-13-10-11(15(16)17)3-4-12(13)14-5-8-18-9-6-14/h3-4,10H,2,5-9H2,1H3. The van der Waals surface area contributed by atoms with E-state index in [1.165, 1.54) is 12.1 Å². The quantitative estimate of drug-likeness (QED) is 0.604. The van der Waals surface area contributed by atoms with E-state index in [9.17, 15) is 10.1 Å². The van der Waals surface area contributed by atoms with Gasteiger partial charge in [-0.3, -0.25) is 10.1 Å². The first-order valence-electron chi connectivity index (χ1n) is 6.46. The third kappa shape index (κ3) is 3.35. The molecular formula is C13H18N2O4. The Morgan fingerprint density at radius 3 is 2.79 bits per heavy atom. The average Bonchev–Trinajstić information content (AvgIpc) is 2.45. The summed E-state index contributed by atoms with van der Waals surface area (Å²) in [5, 5.41) is 10.8. The van der Waals surface area contributed by atoms with E-state index >= 15 is 0 Å². The topological polar surface area (TPSA) is 64.8 Å². The summed E-state index contributed by atoms with van der Waals surface area (Å²) in [7, 11) is 0. The van der Waals surface area contributed by atoms with Gasteiger partial charge in [-0.05, 0) is 12.5 Å². The maximum atomic E-state index is 10.8. The number of hydrogen-bond acceptors (Lipinski definition) is 5. The number of rotatable bonds is 5. The van der Waals surface area contributed by atoms with Crippen molar-refractivity contribution in [3.63, 3.8) is 0 Å². The van der Waals surface area contributed by atoms with E-state index in [1.54, 1.807) is 6.07 Å². The zero-order valence-corrected chi connectivity index (χ0v) is 11.0.